The van der Waals surface area contributed by atoms with Crippen LogP contribution in [-0.4, -0.2) is 0 Å². The Kier molecular flexibility index (Phi) is 1.78. The SMILES string of the molecule is FC(F)=CC1=CC=CC1. The second-order valence-electron chi connectivity index (χ2n) is 1.81. The summed E-state index contributed by atoms with van der Waals surface area (Å²) in [5.41, 5.74) is 0.676. The first-order valence-electron chi connectivity index (χ1n) is 2.67. The van der Waals surface area contributed by atoms with Gasteiger partial charge in [0.05, 0.1) is 0 Å². The van der Waals surface area contributed by atoms with E-state index < -0.39 is 6.08 Å². The Morgan fingerprint density at radius 2 is 2.33 bits per heavy atom. The van der Waals surface area contributed by atoms with Crippen molar-refractivity contribution >= 4 is 0 Å². The third-order valence-corrected chi connectivity index (χ3v) is 1.09. The van der Waals surface area contributed by atoms with Crippen LogP contribution in [0.5, 0.6) is 0 Å². The van der Waals surface area contributed by atoms with Crippen LogP contribution in [0.1, 0.15) is 6.42 Å². The highest BCUT2D eigenvalue weighted by Gasteiger charge is 1.96. The maximum Gasteiger partial charge on any atom is 0.270 e. The summed E-state index contributed by atoms with van der Waals surface area (Å²) in [4.78, 5) is 0. The molecule has 0 aromatic heterocycles. The minimum atomic E-state index is -1.62. The van der Waals surface area contributed by atoms with Crippen LogP contribution in [0.3, 0.4) is 0 Å². The lowest BCUT2D eigenvalue weighted by Gasteiger charge is -1.86. The van der Waals surface area contributed by atoms with E-state index in [1.54, 1.807) is 12.2 Å². The molecule has 0 aliphatic heterocycles. The lowest BCUT2D eigenvalue weighted by atomic mass is 10.2. The topological polar surface area (TPSA) is 0 Å². The first kappa shape index (κ1) is 6.20. The Bertz CT molecular complexity index is 183. The third-order valence-electron chi connectivity index (χ3n) is 1.09. The fourth-order valence-electron chi connectivity index (χ4n) is 0.711. The highest BCUT2D eigenvalue weighted by molar-refractivity contribution is 5.31. The lowest BCUT2D eigenvalue weighted by molar-refractivity contribution is 0.421. The average molecular weight is 128 g/mol. The maximum absolute atomic E-state index is 11.5. The van der Waals surface area contributed by atoms with Crippen LogP contribution >= 0.6 is 0 Å². The first-order valence-corrected chi connectivity index (χ1v) is 2.67. The van der Waals surface area contributed by atoms with Crippen LogP contribution in [0.25, 0.3) is 0 Å². The molecule has 0 nitrogen and oxygen atoms in total. The van der Waals surface area contributed by atoms with Gasteiger partial charge in [0.25, 0.3) is 6.08 Å². The van der Waals surface area contributed by atoms with Gasteiger partial charge >= 0.3 is 0 Å². The first-order chi connectivity index (χ1) is 4.29. The molecule has 1 aliphatic rings. The van der Waals surface area contributed by atoms with Gasteiger partial charge in [-0.1, -0.05) is 18.2 Å². The summed E-state index contributed by atoms with van der Waals surface area (Å²) < 4.78 is 23.0. The van der Waals surface area contributed by atoms with Gasteiger partial charge in [-0.2, -0.15) is 8.78 Å². The van der Waals surface area contributed by atoms with Crippen molar-refractivity contribution in [3.8, 4) is 0 Å². The Morgan fingerprint density at radius 1 is 1.56 bits per heavy atom. The largest absolute Gasteiger partial charge is 0.270 e. The van der Waals surface area contributed by atoms with Gasteiger partial charge in [0.1, 0.15) is 0 Å². The molecule has 0 amide bonds. The molecule has 0 atom stereocenters. The molecular formula is C7H6F2. The molecule has 0 bridgehead atoms. The van der Waals surface area contributed by atoms with Gasteiger partial charge in [-0.15, -0.1) is 0 Å². The van der Waals surface area contributed by atoms with Crippen molar-refractivity contribution in [1.29, 1.82) is 0 Å². The predicted octanol–water partition coefficient (Wildman–Crippen LogP) is 2.65. The fourth-order valence-corrected chi connectivity index (χ4v) is 0.711. The summed E-state index contributed by atoms with van der Waals surface area (Å²) in [7, 11) is 0. The molecule has 9 heavy (non-hydrogen) atoms. The summed E-state index contributed by atoms with van der Waals surface area (Å²) in [6, 6.07) is 0. The molecule has 0 saturated heterocycles. The molecule has 0 N–H and O–H groups in total. The van der Waals surface area contributed by atoms with E-state index in [1.807, 2.05) is 6.08 Å². The summed E-state index contributed by atoms with van der Waals surface area (Å²) in [6.07, 6.45) is 5.20. The van der Waals surface area contributed by atoms with E-state index in [0.29, 0.717) is 12.0 Å². The summed E-state index contributed by atoms with van der Waals surface area (Å²) in [5.74, 6) is 0. The van der Waals surface area contributed by atoms with E-state index in [1.165, 1.54) is 0 Å². The molecule has 0 saturated carbocycles. The lowest BCUT2D eigenvalue weighted by Crippen LogP contribution is -1.68. The van der Waals surface area contributed by atoms with Gasteiger partial charge < -0.3 is 0 Å². The van der Waals surface area contributed by atoms with E-state index in [2.05, 4.69) is 0 Å². The van der Waals surface area contributed by atoms with Crippen LogP contribution in [0.4, 0.5) is 8.78 Å². The van der Waals surface area contributed by atoms with Crippen molar-refractivity contribution in [3.63, 3.8) is 0 Å². The smallest absolute Gasteiger partial charge is 0.173 e. The van der Waals surface area contributed by atoms with Crippen molar-refractivity contribution in [2.24, 2.45) is 0 Å². The molecule has 0 fully saturated rings. The van der Waals surface area contributed by atoms with Crippen molar-refractivity contribution in [3.05, 3.63) is 36.0 Å². The van der Waals surface area contributed by atoms with Crippen molar-refractivity contribution in [2.75, 3.05) is 0 Å². The van der Waals surface area contributed by atoms with Gasteiger partial charge in [-0.05, 0) is 12.0 Å². The molecule has 0 aromatic carbocycles. The monoisotopic (exact) mass is 128 g/mol. The second-order valence-corrected chi connectivity index (χ2v) is 1.81. The quantitative estimate of drug-likeness (QED) is 0.509. The second kappa shape index (κ2) is 2.58. The van der Waals surface area contributed by atoms with E-state index in [9.17, 15) is 8.78 Å². The maximum atomic E-state index is 11.5. The molecule has 48 valence electrons. The molecule has 0 unspecified atom stereocenters. The van der Waals surface area contributed by atoms with E-state index >= 15 is 0 Å². The van der Waals surface area contributed by atoms with Crippen molar-refractivity contribution in [2.45, 2.75) is 6.42 Å². The van der Waals surface area contributed by atoms with Crippen LogP contribution in [0.2, 0.25) is 0 Å². The van der Waals surface area contributed by atoms with Gasteiger partial charge in [-0.25, -0.2) is 0 Å². The van der Waals surface area contributed by atoms with Gasteiger partial charge in [0.15, 0.2) is 0 Å². The van der Waals surface area contributed by atoms with E-state index in [0.717, 1.165) is 6.08 Å². The molecule has 0 spiro atoms. The Balaban J connectivity index is 2.57. The van der Waals surface area contributed by atoms with Crippen LogP contribution < -0.4 is 0 Å². The average Bonchev–Trinajstić information content (AvgIpc) is 2.15. The Labute approximate surface area is 52.2 Å². The number of halogens is 2. The minimum Gasteiger partial charge on any atom is -0.173 e. The van der Waals surface area contributed by atoms with Crippen LogP contribution in [0.15, 0.2) is 36.0 Å². The molecule has 2 heteroatoms. The van der Waals surface area contributed by atoms with Gasteiger partial charge in [0.2, 0.25) is 0 Å². The summed E-state index contributed by atoms with van der Waals surface area (Å²) in [5, 5.41) is 0. The molecule has 0 heterocycles. The normalized spacial score (nSPS) is 15.6. The van der Waals surface area contributed by atoms with Crippen LogP contribution in [0, 0.1) is 0 Å². The molecule has 1 aliphatic carbocycles. The standard InChI is InChI=1S/C7H6F2/c8-7(9)5-6-3-1-2-4-6/h1-3,5H,4H2. The Morgan fingerprint density at radius 3 is 2.78 bits per heavy atom. The zero-order chi connectivity index (χ0) is 6.69. The number of hydrogen-bond donors (Lipinski definition) is 0. The van der Waals surface area contributed by atoms with Crippen molar-refractivity contribution < 1.29 is 8.78 Å². The molecule has 0 aromatic rings. The zero-order valence-corrected chi connectivity index (χ0v) is 4.77. The summed E-state index contributed by atoms with van der Waals surface area (Å²) >= 11 is 0. The zero-order valence-electron chi connectivity index (χ0n) is 4.77. The highest BCUT2D eigenvalue weighted by atomic mass is 19.3. The molecule has 1 rings (SSSR count). The fraction of sp³-hybridized carbons (Fsp3) is 0.143. The predicted molar refractivity (Wildman–Crippen MR) is 32.1 cm³/mol. The minimum absolute atomic E-state index is 0.636. The van der Waals surface area contributed by atoms with E-state index in [4.69, 9.17) is 0 Å². The van der Waals surface area contributed by atoms with E-state index in [-0.39, 0.29) is 0 Å². The summed E-state index contributed by atoms with van der Waals surface area (Å²) in [6.45, 7) is 0. The number of hydrogen-bond acceptors (Lipinski definition) is 0. The third kappa shape index (κ3) is 1.80. The van der Waals surface area contributed by atoms with Gasteiger partial charge in [-0.3, -0.25) is 0 Å². The van der Waals surface area contributed by atoms with Crippen LogP contribution in [-0.2, 0) is 0 Å². The number of rotatable bonds is 1. The van der Waals surface area contributed by atoms with Gasteiger partial charge in [0, 0.05) is 6.08 Å². The molecular weight excluding hydrogens is 122 g/mol. The Hall–Kier alpha value is -0.920. The number of allylic oxidation sites excluding steroid dienone is 5. The molecule has 0 radical (unpaired) electrons. The highest BCUT2D eigenvalue weighted by Crippen LogP contribution is 2.14. The van der Waals surface area contributed by atoms with Crippen molar-refractivity contribution in [1.82, 2.24) is 0 Å².